The molecule has 0 spiro atoms. The van der Waals surface area contributed by atoms with Crippen LogP contribution in [0.15, 0.2) is 16.2 Å². The summed E-state index contributed by atoms with van der Waals surface area (Å²) in [6.45, 7) is 0. The number of thiazole rings is 1. The van der Waals surface area contributed by atoms with Crippen LogP contribution in [0.25, 0.3) is 10.9 Å². The van der Waals surface area contributed by atoms with E-state index in [0.29, 0.717) is 5.89 Å². The Hall–Kier alpha value is -1.23. The normalized spacial score (nSPS) is 17.4. The molecule has 0 atom stereocenters. The quantitative estimate of drug-likeness (QED) is 0.837. The Morgan fingerprint density at radius 3 is 2.94 bits per heavy atom. The standard InChI is InChI=1S/C12H15N3OS/c1-2-4-9(5-3-1)6-10-7-17-12(14-10)11-15-13-8-16-11/h7-9H,1-6H2. The van der Waals surface area contributed by atoms with Crippen molar-refractivity contribution in [3.05, 3.63) is 17.5 Å². The zero-order chi connectivity index (χ0) is 11.5. The Labute approximate surface area is 104 Å². The lowest BCUT2D eigenvalue weighted by molar-refractivity contribution is 0.355. The average Bonchev–Trinajstić information content (AvgIpc) is 3.00. The van der Waals surface area contributed by atoms with Gasteiger partial charge in [-0.1, -0.05) is 32.1 Å². The molecule has 1 fully saturated rings. The fourth-order valence-corrected chi connectivity index (χ4v) is 3.21. The van der Waals surface area contributed by atoms with E-state index in [1.54, 1.807) is 11.3 Å². The third-order valence-corrected chi connectivity index (χ3v) is 4.20. The molecule has 0 N–H and O–H groups in total. The molecule has 5 heteroatoms. The second-order valence-corrected chi connectivity index (χ2v) is 5.45. The summed E-state index contributed by atoms with van der Waals surface area (Å²) in [4.78, 5) is 4.57. The number of aromatic nitrogens is 3. The van der Waals surface area contributed by atoms with Gasteiger partial charge >= 0.3 is 0 Å². The highest BCUT2D eigenvalue weighted by Gasteiger charge is 2.16. The van der Waals surface area contributed by atoms with E-state index in [1.165, 1.54) is 44.2 Å². The molecule has 90 valence electrons. The van der Waals surface area contributed by atoms with Gasteiger partial charge in [0.2, 0.25) is 6.39 Å². The van der Waals surface area contributed by atoms with Crippen molar-refractivity contribution < 1.29 is 4.42 Å². The van der Waals surface area contributed by atoms with Crippen LogP contribution in [0.4, 0.5) is 0 Å². The van der Waals surface area contributed by atoms with Gasteiger partial charge in [0.15, 0.2) is 5.01 Å². The second-order valence-electron chi connectivity index (χ2n) is 4.60. The van der Waals surface area contributed by atoms with Crippen molar-refractivity contribution in [3.8, 4) is 10.9 Å². The van der Waals surface area contributed by atoms with Crippen LogP contribution in [0.1, 0.15) is 37.8 Å². The Bertz CT molecular complexity index is 460. The topological polar surface area (TPSA) is 51.8 Å². The Kier molecular flexibility index (Phi) is 3.18. The minimum absolute atomic E-state index is 0.532. The first-order valence-corrected chi connectivity index (χ1v) is 7.01. The first kappa shape index (κ1) is 10.9. The Morgan fingerprint density at radius 1 is 1.29 bits per heavy atom. The van der Waals surface area contributed by atoms with Gasteiger partial charge in [-0.15, -0.1) is 21.5 Å². The van der Waals surface area contributed by atoms with Crippen molar-refractivity contribution in [3.63, 3.8) is 0 Å². The van der Waals surface area contributed by atoms with E-state index in [4.69, 9.17) is 4.42 Å². The fraction of sp³-hybridized carbons (Fsp3) is 0.583. The summed E-state index contributed by atoms with van der Waals surface area (Å²) in [7, 11) is 0. The molecule has 0 saturated heterocycles. The lowest BCUT2D eigenvalue weighted by atomic mass is 9.86. The Morgan fingerprint density at radius 2 is 2.18 bits per heavy atom. The minimum atomic E-state index is 0.532. The third kappa shape index (κ3) is 2.54. The molecule has 2 heterocycles. The highest BCUT2D eigenvalue weighted by atomic mass is 32.1. The summed E-state index contributed by atoms with van der Waals surface area (Å²) in [5.41, 5.74) is 1.18. The molecule has 0 aliphatic heterocycles. The first-order valence-electron chi connectivity index (χ1n) is 6.13. The molecular formula is C12H15N3OS. The molecule has 1 aliphatic carbocycles. The second kappa shape index (κ2) is 4.96. The monoisotopic (exact) mass is 249 g/mol. The molecule has 0 bridgehead atoms. The van der Waals surface area contributed by atoms with E-state index < -0.39 is 0 Å². The minimum Gasteiger partial charge on any atom is -0.422 e. The van der Waals surface area contributed by atoms with Gasteiger partial charge < -0.3 is 4.42 Å². The van der Waals surface area contributed by atoms with Crippen molar-refractivity contribution in [1.82, 2.24) is 15.2 Å². The SMILES string of the molecule is c1nnc(-c2nc(CC3CCCCC3)cs2)o1. The van der Waals surface area contributed by atoms with E-state index in [-0.39, 0.29) is 0 Å². The predicted octanol–water partition coefficient (Wildman–Crippen LogP) is 3.32. The average molecular weight is 249 g/mol. The van der Waals surface area contributed by atoms with Gasteiger partial charge in [-0.3, -0.25) is 0 Å². The van der Waals surface area contributed by atoms with E-state index in [1.807, 2.05) is 0 Å². The van der Waals surface area contributed by atoms with Gasteiger partial charge in [0.05, 0.1) is 5.69 Å². The van der Waals surface area contributed by atoms with Crippen molar-refractivity contribution in [2.75, 3.05) is 0 Å². The van der Waals surface area contributed by atoms with Crippen LogP contribution in [0, 0.1) is 5.92 Å². The molecule has 4 nitrogen and oxygen atoms in total. The van der Waals surface area contributed by atoms with E-state index >= 15 is 0 Å². The highest BCUT2D eigenvalue weighted by molar-refractivity contribution is 7.13. The summed E-state index contributed by atoms with van der Waals surface area (Å²) < 4.78 is 5.15. The summed E-state index contributed by atoms with van der Waals surface area (Å²) in [6, 6.07) is 0. The number of nitrogens with zero attached hydrogens (tertiary/aromatic N) is 3. The zero-order valence-corrected chi connectivity index (χ0v) is 10.4. The number of hydrogen-bond donors (Lipinski definition) is 0. The van der Waals surface area contributed by atoms with E-state index in [0.717, 1.165) is 17.3 Å². The highest BCUT2D eigenvalue weighted by Crippen LogP contribution is 2.28. The molecule has 0 amide bonds. The molecule has 17 heavy (non-hydrogen) atoms. The summed E-state index contributed by atoms with van der Waals surface area (Å²) in [5, 5.41) is 10.5. The smallest absolute Gasteiger partial charge is 0.276 e. The van der Waals surface area contributed by atoms with Crippen molar-refractivity contribution in [1.29, 1.82) is 0 Å². The predicted molar refractivity (Wildman–Crippen MR) is 65.7 cm³/mol. The van der Waals surface area contributed by atoms with Gasteiger partial charge in [0.25, 0.3) is 5.89 Å². The molecule has 2 aromatic rings. The summed E-state index contributed by atoms with van der Waals surface area (Å²) >= 11 is 1.59. The third-order valence-electron chi connectivity index (χ3n) is 3.32. The van der Waals surface area contributed by atoms with Crippen molar-refractivity contribution >= 4 is 11.3 Å². The molecule has 0 radical (unpaired) electrons. The molecule has 0 aromatic carbocycles. The lowest BCUT2D eigenvalue weighted by Gasteiger charge is -2.20. The number of rotatable bonds is 3. The van der Waals surface area contributed by atoms with Gasteiger partial charge in [-0.05, 0) is 12.3 Å². The molecular weight excluding hydrogens is 234 g/mol. The largest absolute Gasteiger partial charge is 0.422 e. The summed E-state index contributed by atoms with van der Waals surface area (Å²) in [6.07, 6.45) is 9.32. The van der Waals surface area contributed by atoms with Crippen LogP contribution in [0.2, 0.25) is 0 Å². The van der Waals surface area contributed by atoms with Crippen molar-refractivity contribution in [2.24, 2.45) is 5.92 Å². The molecule has 2 aromatic heterocycles. The molecule has 1 saturated carbocycles. The molecule has 0 unspecified atom stereocenters. The van der Waals surface area contributed by atoms with Crippen LogP contribution in [0.3, 0.4) is 0 Å². The fourth-order valence-electron chi connectivity index (χ4n) is 2.45. The summed E-state index contributed by atoms with van der Waals surface area (Å²) in [5.74, 6) is 1.35. The lowest BCUT2D eigenvalue weighted by Crippen LogP contribution is -2.09. The van der Waals surface area contributed by atoms with E-state index in [2.05, 4.69) is 20.6 Å². The van der Waals surface area contributed by atoms with Gasteiger partial charge in [-0.25, -0.2) is 4.98 Å². The maximum atomic E-state index is 5.15. The van der Waals surface area contributed by atoms with Crippen LogP contribution in [-0.2, 0) is 6.42 Å². The van der Waals surface area contributed by atoms with Crippen molar-refractivity contribution in [2.45, 2.75) is 38.5 Å². The molecule has 3 rings (SSSR count). The van der Waals surface area contributed by atoms with Crippen LogP contribution < -0.4 is 0 Å². The maximum absolute atomic E-state index is 5.15. The van der Waals surface area contributed by atoms with Gasteiger partial charge in [-0.2, -0.15) is 0 Å². The van der Waals surface area contributed by atoms with Crippen LogP contribution in [0.5, 0.6) is 0 Å². The van der Waals surface area contributed by atoms with E-state index in [9.17, 15) is 0 Å². The Balaban J connectivity index is 1.68. The van der Waals surface area contributed by atoms with Gasteiger partial charge in [0, 0.05) is 5.38 Å². The number of hydrogen-bond acceptors (Lipinski definition) is 5. The van der Waals surface area contributed by atoms with Gasteiger partial charge in [0.1, 0.15) is 0 Å². The first-order chi connectivity index (χ1) is 8.42. The molecule has 1 aliphatic rings. The van der Waals surface area contributed by atoms with Crippen LogP contribution >= 0.6 is 11.3 Å². The zero-order valence-electron chi connectivity index (χ0n) is 9.63. The van der Waals surface area contributed by atoms with Crippen LogP contribution in [-0.4, -0.2) is 15.2 Å². The maximum Gasteiger partial charge on any atom is 0.276 e.